The van der Waals surface area contributed by atoms with Gasteiger partial charge in [-0.3, -0.25) is 4.79 Å². The molecular formula is C27H34N2O5. The van der Waals surface area contributed by atoms with Gasteiger partial charge in [-0.2, -0.15) is 0 Å². The average Bonchev–Trinajstić information content (AvgIpc) is 3.13. The summed E-state index contributed by atoms with van der Waals surface area (Å²) in [5.41, 5.74) is 4.47. The first-order valence-electron chi connectivity index (χ1n) is 11.9. The monoisotopic (exact) mass is 466 g/mol. The van der Waals surface area contributed by atoms with Gasteiger partial charge in [0, 0.05) is 5.92 Å². The number of aliphatic carboxylic acids is 1. The number of carboxylic acid groups (broad SMARTS) is 1. The van der Waals surface area contributed by atoms with E-state index in [4.69, 9.17) is 4.74 Å². The van der Waals surface area contributed by atoms with E-state index >= 15 is 0 Å². The fraction of sp³-hybridized carbons (Fsp3) is 0.444. The zero-order chi connectivity index (χ0) is 24.8. The summed E-state index contributed by atoms with van der Waals surface area (Å²) >= 11 is 0. The van der Waals surface area contributed by atoms with Crippen LogP contribution in [0.15, 0.2) is 48.5 Å². The highest BCUT2D eigenvalue weighted by atomic mass is 16.5. The summed E-state index contributed by atoms with van der Waals surface area (Å²) in [6, 6.07) is 14.2. The normalized spacial score (nSPS) is 15.1. The van der Waals surface area contributed by atoms with Gasteiger partial charge in [-0.05, 0) is 40.5 Å². The van der Waals surface area contributed by atoms with Gasteiger partial charge < -0.3 is 20.5 Å². The standard InChI is InChI=1S/C27H34N2O5/c1-5-17(4)14-23(25(30)29-24(16(2)3)26(31)32)28-27(33)34-15-22-20-12-8-6-10-18(20)19-11-7-9-13-21(19)22/h6-13,16-17,22-24H,5,14-15H2,1-4H3,(H,28,33)(H,29,30)(H,31,32)/t17?,23?,24-/m0/s1. The van der Waals surface area contributed by atoms with Gasteiger partial charge in [0.05, 0.1) is 0 Å². The summed E-state index contributed by atoms with van der Waals surface area (Å²) in [5.74, 6) is -1.84. The topological polar surface area (TPSA) is 105 Å². The number of fused-ring (bicyclic) bond motifs is 3. The van der Waals surface area contributed by atoms with E-state index < -0.39 is 30.1 Å². The van der Waals surface area contributed by atoms with E-state index in [9.17, 15) is 19.5 Å². The first kappa shape index (κ1) is 25.3. The van der Waals surface area contributed by atoms with Gasteiger partial charge in [-0.15, -0.1) is 0 Å². The van der Waals surface area contributed by atoms with Crippen molar-refractivity contribution in [1.29, 1.82) is 0 Å². The van der Waals surface area contributed by atoms with Gasteiger partial charge >= 0.3 is 12.1 Å². The third-order valence-corrected chi connectivity index (χ3v) is 6.52. The number of carboxylic acids is 1. The third kappa shape index (κ3) is 5.76. The second-order valence-corrected chi connectivity index (χ2v) is 9.34. The molecule has 34 heavy (non-hydrogen) atoms. The highest BCUT2D eigenvalue weighted by molar-refractivity contribution is 5.89. The quantitative estimate of drug-likeness (QED) is 0.476. The number of rotatable bonds is 10. The molecule has 0 radical (unpaired) electrons. The lowest BCUT2D eigenvalue weighted by atomic mass is 9.97. The Morgan fingerprint density at radius 1 is 0.941 bits per heavy atom. The van der Waals surface area contributed by atoms with Gasteiger partial charge in [-0.25, -0.2) is 9.59 Å². The van der Waals surface area contributed by atoms with Crippen molar-refractivity contribution in [2.45, 2.75) is 58.5 Å². The minimum absolute atomic E-state index is 0.0858. The molecule has 0 spiro atoms. The number of carbonyl (C=O) groups excluding carboxylic acids is 2. The first-order valence-corrected chi connectivity index (χ1v) is 11.9. The third-order valence-electron chi connectivity index (χ3n) is 6.52. The summed E-state index contributed by atoms with van der Waals surface area (Å²) in [6.07, 6.45) is 0.515. The maximum absolute atomic E-state index is 12.9. The number of ether oxygens (including phenoxy) is 1. The Labute approximate surface area is 200 Å². The molecule has 3 N–H and O–H groups in total. The molecule has 0 saturated heterocycles. The molecule has 2 unspecified atom stereocenters. The molecule has 0 bridgehead atoms. The summed E-state index contributed by atoms with van der Waals surface area (Å²) in [7, 11) is 0. The lowest BCUT2D eigenvalue weighted by Crippen LogP contribution is -2.53. The fourth-order valence-corrected chi connectivity index (χ4v) is 4.35. The van der Waals surface area contributed by atoms with E-state index in [0.29, 0.717) is 6.42 Å². The van der Waals surface area contributed by atoms with Crippen LogP contribution in [-0.2, 0) is 14.3 Å². The van der Waals surface area contributed by atoms with Gasteiger partial charge in [0.25, 0.3) is 0 Å². The minimum Gasteiger partial charge on any atom is -0.480 e. The van der Waals surface area contributed by atoms with Crippen molar-refractivity contribution in [3.05, 3.63) is 59.7 Å². The Balaban J connectivity index is 1.69. The maximum Gasteiger partial charge on any atom is 0.407 e. The van der Waals surface area contributed by atoms with E-state index in [1.807, 2.05) is 50.2 Å². The molecule has 3 atom stereocenters. The summed E-state index contributed by atoms with van der Waals surface area (Å²) in [6.45, 7) is 7.57. The SMILES string of the molecule is CCC(C)CC(NC(=O)OCC1c2ccccc2-c2ccccc21)C(=O)N[C@H](C(=O)O)C(C)C. The van der Waals surface area contributed by atoms with Crippen LogP contribution in [0, 0.1) is 11.8 Å². The molecule has 0 fully saturated rings. The first-order chi connectivity index (χ1) is 16.2. The van der Waals surface area contributed by atoms with Crippen LogP contribution in [0.1, 0.15) is 57.6 Å². The van der Waals surface area contributed by atoms with Crippen LogP contribution < -0.4 is 10.6 Å². The average molecular weight is 467 g/mol. The minimum atomic E-state index is -1.10. The zero-order valence-corrected chi connectivity index (χ0v) is 20.2. The van der Waals surface area contributed by atoms with E-state index in [1.165, 1.54) is 0 Å². The van der Waals surface area contributed by atoms with Crippen molar-refractivity contribution in [1.82, 2.24) is 10.6 Å². The van der Waals surface area contributed by atoms with E-state index in [2.05, 4.69) is 22.8 Å². The Hall–Kier alpha value is -3.35. The molecule has 7 heteroatoms. The number of carbonyl (C=O) groups is 3. The number of hydrogen-bond acceptors (Lipinski definition) is 4. The largest absolute Gasteiger partial charge is 0.480 e. The molecule has 0 saturated carbocycles. The van der Waals surface area contributed by atoms with Gasteiger partial charge in [0.1, 0.15) is 18.7 Å². The van der Waals surface area contributed by atoms with Crippen molar-refractivity contribution in [3.63, 3.8) is 0 Å². The predicted molar refractivity (Wildman–Crippen MR) is 130 cm³/mol. The maximum atomic E-state index is 12.9. The van der Waals surface area contributed by atoms with Crippen LogP contribution in [0.5, 0.6) is 0 Å². The van der Waals surface area contributed by atoms with Gasteiger partial charge in [0.15, 0.2) is 0 Å². The van der Waals surface area contributed by atoms with E-state index in [0.717, 1.165) is 28.7 Å². The van der Waals surface area contributed by atoms with E-state index in [1.54, 1.807) is 13.8 Å². The van der Waals surface area contributed by atoms with Crippen molar-refractivity contribution in [3.8, 4) is 11.1 Å². The molecule has 0 heterocycles. The Bertz CT molecular complexity index is 990. The van der Waals surface area contributed by atoms with E-state index in [-0.39, 0.29) is 24.4 Å². The molecule has 3 rings (SSSR count). The number of amides is 2. The van der Waals surface area contributed by atoms with Crippen LogP contribution in [0.2, 0.25) is 0 Å². The van der Waals surface area contributed by atoms with Crippen LogP contribution in [-0.4, -0.2) is 41.8 Å². The zero-order valence-electron chi connectivity index (χ0n) is 20.2. The predicted octanol–water partition coefficient (Wildman–Crippen LogP) is 4.56. The van der Waals surface area contributed by atoms with Crippen LogP contribution in [0.4, 0.5) is 4.79 Å². The molecule has 182 valence electrons. The number of hydrogen-bond donors (Lipinski definition) is 3. The molecule has 1 aliphatic rings. The number of alkyl carbamates (subject to hydrolysis) is 1. The molecule has 0 aromatic heterocycles. The molecule has 2 aromatic rings. The molecule has 2 amide bonds. The van der Waals surface area contributed by atoms with Crippen LogP contribution >= 0.6 is 0 Å². The molecule has 7 nitrogen and oxygen atoms in total. The summed E-state index contributed by atoms with van der Waals surface area (Å²) in [5, 5.41) is 14.7. The molecule has 1 aliphatic carbocycles. The Kier molecular flexibility index (Phi) is 8.31. The fourth-order valence-electron chi connectivity index (χ4n) is 4.35. The lowest BCUT2D eigenvalue weighted by molar-refractivity contribution is -0.143. The molecular weight excluding hydrogens is 432 g/mol. The Morgan fingerprint density at radius 2 is 1.50 bits per heavy atom. The van der Waals surface area contributed by atoms with Gasteiger partial charge in [-0.1, -0.05) is 82.6 Å². The van der Waals surface area contributed by atoms with Crippen LogP contribution in [0.25, 0.3) is 11.1 Å². The molecule has 2 aromatic carbocycles. The number of benzene rings is 2. The van der Waals surface area contributed by atoms with Crippen molar-refractivity contribution >= 4 is 18.0 Å². The lowest BCUT2D eigenvalue weighted by Gasteiger charge is -2.25. The summed E-state index contributed by atoms with van der Waals surface area (Å²) in [4.78, 5) is 37.1. The van der Waals surface area contributed by atoms with Crippen molar-refractivity contribution < 1.29 is 24.2 Å². The van der Waals surface area contributed by atoms with Crippen molar-refractivity contribution in [2.24, 2.45) is 11.8 Å². The Morgan fingerprint density at radius 3 is 2.00 bits per heavy atom. The second kappa shape index (κ2) is 11.2. The van der Waals surface area contributed by atoms with Crippen LogP contribution in [0.3, 0.4) is 0 Å². The number of nitrogens with one attached hydrogen (secondary N) is 2. The van der Waals surface area contributed by atoms with Crippen molar-refractivity contribution in [2.75, 3.05) is 6.61 Å². The second-order valence-electron chi connectivity index (χ2n) is 9.34. The summed E-state index contributed by atoms with van der Waals surface area (Å²) < 4.78 is 5.59. The van der Waals surface area contributed by atoms with Gasteiger partial charge in [0.2, 0.25) is 5.91 Å². The smallest absolute Gasteiger partial charge is 0.407 e. The molecule has 0 aliphatic heterocycles. The highest BCUT2D eigenvalue weighted by Crippen LogP contribution is 2.44. The highest BCUT2D eigenvalue weighted by Gasteiger charge is 2.31.